The van der Waals surface area contributed by atoms with E-state index in [4.69, 9.17) is 0 Å². The highest BCUT2D eigenvalue weighted by Crippen LogP contribution is 1.93. The highest BCUT2D eigenvalue weighted by molar-refractivity contribution is 4.77. The zero-order chi connectivity index (χ0) is 5.28. The molecular formula is C4H7N2O+. The van der Waals surface area contributed by atoms with Crippen LogP contribution in [0.3, 0.4) is 0 Å². The van der Waals surface area contributed by atoms with Gasteiger partial charge in [0.25, 0.3) is 6.20 Å². The van der Waals surface area contributed by atoms with Gasteiger partial charge in [-0.25, -0.2) is 0 Å². The Bertz CT molecular complexity index is 119. The minimum atomic E-state index is 0.740. The van der Waals surface area contributed by atoms with Crippen LogP contribution in [0.25, 0.3) is 0 Å². The predicted molar refractivity (Wildman–Crippen MR) is 25.4 cm³/mol. The maximum atomic E-state index is 10.3. The smallest absolute Gasteiger partial charge is 0.134 e. The van der Waals surface area contributed by atoms with Crippen LogP contribution in [-0.2, 0) is 0 Å². The van der Waals surface area contributed by atoms with E-state index in [2.05, 4.69) is 0 Å². The molecule has 0 spiro atoms. The zero-order valence-corrected chi connectivity index (χ0v) is 4.16. The third-order valence-electron chi connectivity index (χ3n) is 0.939. The Kier molecular flexibility index (Phi) is 0.817. The van der Waals surface area contributed by atoms with Gasteiger partial charge < -0.3 is 0 Å². The second kappa shape index (κ2) is 1.33. The van der Waals surface area contributed by atoms with E-state index in [0.29, 0.717) is 0 Å². The molecule has 3 heteroatoms. The monoisotopic (exact) mass is 99.1 g/mol. The third-order valence-corrected chi connectivity index (χ3v) is 0.939. The molecule has 0 unspecified atom stereocenters. The van der Waals surface area contributed by atoms with Gasteiger partial charge in [-0.1, -0.05) is 0 Å². The van der Waals surface area contributed by atoms with Gasteiger partial charge >= 0.3 is 0 Å². The molecule has 1 heterocycles. The average molecular weight is 99.1 g/mol. The van der Waals surface area contributed by atoms with E-state index >= 15 is 0 Å². The summed E-state index contributed by atoms with van der Waals surface area (Å²) in [7, 11) is 1.74. The Hall–Kier alpha value is -0.860. The lowest BCUT2D eigenvalue weighted by Gasteiger charge is -1.92. The Morgan fingerprint density at radius 1 is 1.86 bits per heavy atom. The normalized spacial score (nSPS) is 19.0. The van der Waals surface area contributed by atoms with Crippen LogP contribution in [0.5, 0.6) is 0 Å². The quantitative estimate of drug-likeness (QED) is 0.403. The second-order valence-corrected chi connectivity index (χ2v) is 1.53. The molecule has 0 N–H and O–H groups in total. The van der Waals surface area contributed by atoms with Crippen LogP contribution in [0.1, 0.15) is 0 Å². The molecule has 0 saturated heterocycles. The van der Waals surface area contributed by atoms with Crippen molar-refractivity contribution in [1.82, 2.24) is 5.01 Å². The number of hydrogen-bond acceptors (Lipinski definition) is 1. The lowest BCUT2D eigenvalue weighted by Crippen LogP contribution is -2.19. The topological polar surface area (TPSA) is 23.3 Å². The van der Waals surface area contributed by atoms with Gasteiger partial charge in [-0.3, -0.25) is 0 Å². The number of hydrogen-bond donors (Lipinski definition) is 0. The van der Waals surface area contributed by atoms with Gasteiger partial charge in [0.15, 0.2) is 4.87 Å². The molecule has 0 bridgehead atoms. The number of hydrazine groups is 1. The van der Waals surface area contributed by atoms with Gasteiger partial charge in [0.2, 0.25) is 0 Å². The van der Waals surface area contributed by atoms with Gasteiger partial charge in [0.1, 0.15) is 6.54 Å². The molecule has 0 aliphatic carbocycles. The molecule has 1 aliphatic rings. The summed E-state index contributed by atoms with van der Waals surface area (Å²) in [5, 5.41) is 1.57. The van der Waals surface area contributed by atoms with Crippen molar-refractivity contribution in [2.75, 3.05) is 13.6 Å². The van der Waals surface area contributed by atoms with Crippen LogP contribution >= 0.6 is 0 Å². The fraction of sp³-hybridized carbons (Fsp3) is 0.500. The van der Waals surface area contributed by atoms with Crippen molar-refractivity contribution in [3.8, 4) is 0 Å². The maximum Gasteiger partial charge on any atom is 0.255 e. The first-order valence-corrected chi connectivity index (χ1v) is 2.15. The van der Waals surface area contributed by atoms with Crippen molar-refractivity contribution in [2.45, 2.75) is 0 Å². The van der Waals surface area contributed by atoms with Crippen molar-refractivity contribution in [1.29, 1.82) is 0 Å². The van der Waals surface area contributed by atoms with Crippen molar-refractivity contribution in [3.05, 3.63) is 17.2 Å². The molecule has 0 amide bonds. The molecule has 0 aromatic carbocycles. The van der Waals surface area contributed by atoms with Crippen molar-refractivity contribution in [2.24, 2.45) is 0 Å². The first-order valence-electron chi connectivity index (χ1n) is 2.15. The largest absolute Gasteiger partial charge is 0.255 e. The van der Waals surface area contributed by atoms with Crippen LogP contribution in [0, 0.1) is 4.91 Å². The first kappa shape index (κ1) is 4.30. The lowest BCUT2D eigenvalue weighted by molar-refractivity contribution is -0.635. The summed E-state index contributed by atoms with van der Waals surface area (Å²) < 4.78 is 0. The SMILES string of the molecule is CN1CC=C[N+]1=O. The Morgan fingerprint density at radius 3 is 2.71 bits per heavy atom. The fourth-order valence-corrected chi connectivity index (χ4v) is 0.484. The number of nitroso groups, excluding NO2 is 1. The van der Waals surface area contributed by atoms with E-state index in [0.717, 1.165) is 11.4 Å². The van der Waals surface area contributed by atoms with Crippen molar-refractivity contribution in [3.63, 3.8) is 0 Å². The molecule has 38 valence electrons. The highest BCUT2D eigenvalue weighted by Gasteiger charge is 2.15. The first-order chi connectivity index (χ1) is 3.30. The minimum Gasteiger partial charge on any atom is -0.134 e. The lowest BCUT2D eigenvalue weighted by atomic mass is 10.6. The summed E-state index contributed by atoms with van der Waals surface area (Å²) in [6.45, 7) is 0.740. The Morgan fingerprint density at radius 2 is 2.57 bits per heavy atom. The fourth-order valence-electron chi connectivity index (χ4n) is 0.484. The number of rotatable bonds is 0. The van der Waals surface area contributed by atoms with Crippen LogP contribution in [0.4, 0.5) is 0 Å². The molecule has 0 aromatic rings. The molecule has 1 aliphatic heterocycles. The standard InChI is InChI=1S/C4H7N2O/c1-5-3-2-4-6(5)7/h2,4H,3H2,1H3/q+1. The van der Waals surface area contributed by atoms with Crippen LogP contribution in [0.15, 0.2) is 12.3 Å². The van der Waals surface area contributed by atoms with Gasteiger partial charge in [-0.15, -0.1) is 5.01 Å². The van der Waals surface area contributed by atoms with E-state index in [-0.39, 0.29) is 0 Å². The third kappa shape index (κ3) is 0.607. The van der Waals surface area contributed by atoms with E-state index < -0.39 is 0 Å². The van der Waals surface area contributed by atoms with Crippen molar-refractivity contribution < 1.29 is 4.87 Å². The maximum absolute atomic E-state index is 10.3. The molecule has 0 aromatic heterocycles. The molecule has 3 nitrogen and oxygen atoms in total. The predicted octanol–water partition coefficient (Wildman–Crippen LogP) is 0.139. The molecule has 0 fully saturated rings. The molecule has 0 saturated carbocycles. The second-order valence-electron chi connectivity index (χ2n) is 1.53. The van der Waals surface area contributed by atoms with E-state index in [1.165, 1.54) is 6.20 Å². The molecule has 7 heavy (non-hydrogen) atoms. The van der Waals surface area contributed by atoms with Crippen LogP contribution < -0.4 is 0 Å². The van der Waals surface area contributed by atoms with Gasteiger partial charge in [0.05, 0.1) is 12.0 Å². The van der Waals surface area contributed by atoms with E-state index in [9.17, 15) is 4.91 Å². The highest BCUT2D eigenvalue weighted by atomic mass is 16.3. The number of nitrogens with zero attached hydrogens (tertiary/aromatic N) is 2. The summed E-state index contributed by atoms with van der Waals surface area (Å²) in [6, 6.07) is 0. The van der Waals surface area contributed by atoms with Gasteiger partial charge in [-0.05, 0) is 0 Å². The summed E-state index contributed by atoms with van der Waals surface area (Å²) in [5.74, 6) is 0. The van der Waals surface area contributed by atoms with Gasteiger partial charge in [0, 0.05) is 6.08 Å². The molecular weight excluding hydrogens is 92.1 g/mol. The van der Waals surface area contributed by atoms with Crippen LogP contribution in [0.2, 0.25) is 0 Å². The average Bonchev–Trinajstić information content (AvgIpc) is 1.91. The summed E-state index contributed by atoms with van der Waals surface area (Å²) >= 11 is 0. The summed E-state index contributed by atoms with van der Waals surface area (Å²) in [4.78, 5) is 11.1. The summed E-state index contributed by atoms with van der Waals surface area (Å²) in [6.07, 6.45) is 3.31. The van der Waals surface area contributed by atoms with Gasteiger partial charge in [-0.2, -0.15) is 0 Å². The Labute approximate surface area is 41.8 Å². The van der Waals surface area contributed by atoms with E-state index in [1.54, 1.807) is 12.1 Å². The van der Waals surface area contributed by atoms with Crippen molar-refractivity contribution >= 4 is 0 Å². The Balaban J connectivity index is 2.62. The minimum absolute atomic E-state index is 0.740. The van der Waals surface area contributed by atoms with E-state index in [1.807, 2.05) is 6.08 Å². The zero-order valence-electron chi connectivity index (χ0n) is 4.16. The molecule has 0 radical (unpaired) electrons. The summed E-state index contributed by atoms with van der Waals surface area (Å²) in [5.41, 5.74) is 0. The number of likely N-dealkylation sites (N-methyl/N-ethyl adjacent to an activating group) is 1. The molecule has 0 atom stereocenters. The van der Waals surface area contributed by atoms with Crippen LogP contribution in [-0.4, -0.2) is 23.5 Å². The molecule has 1 rings (SSSR count).